The van der Waals surface area contributed by atoms with Crippen LogP contribution < -0.4 is 4.90 Å². The Kier molecular flexibility index (Phi) is 6.04. The summed E-state index contributed by atoms with van der Waals surface area (Å²) in [7, 11) is 0. The Morgan fingerprint density at radius 3 is 2.33 bits per heavy atom. The summed E-state index contributed by atoms with van der Waals surface area (Å²) in [6.07, 6.45) is 2.04. The molecule has 6 heteroatoms. The summed E-state index contributed by atoms with van der Waals surface area (Å²) in [5.41, 5.74) is 3.18. The molecule has 0 radical (unpaired) electrons. The molecule has 0 saturated carbocycles. The lowest BCUT2D eigenvalue weighted by Crippen LogP contribution is -2.49. The van der Waals surface area contributed by atoms with Crippen molar-refractivity contribution in [2.24, 2.45) is 0 Å². The van der Waals surface area contributed by atoms with E-state index in [9.17, 15) is 9.18 Å². The van der Waals surface area contributed by atoms with E-state index in [0.29, 0.717) is 25.9 Å². The number of hydrogen-bond donors (Lipinski definition) is 0. The fourth-order valence-corrected chi connectivity index (χ4v) is 3.57. The Morgan fingerprint density at radius 2 is 1.74 bits per heavy atom. The van der Waals surface area contributed by atoms with Crippen LogP contribution in [-0.2, 0) is 17.6 Å². The summed E-state index contributed by atoms with van der Waals surface area (Å²) in [6.45, 7) is 8.87. The Balaban J connectivity index is 1.89. The highest BCUT2D eigenvalue weighted by molar-refractivity contribution is 5.76. The Morgan fingerprint density at radius 1 is 1.07 bits per heavy atom. The first kappa shape index (κ1) is 19.3. The number of nitrogens with zero attached hydrogens (tertiary/aromatic N) is 4. The number of carbonyl (C=O) groups excluding carboxylic acids is 1. The SMILES string of the molecule is CCC(=O)N1CCN(c2nc(C)nc(CC)c2Cc2ccc(F)cc2)CC1. The van der Waals surface area contributed by atoms with Crippen LogP contribution in [0.25, 0.3) is 0 Å². The van der Waals surface area contributed by atoms with Gasteiger partial charge in [0.2, 0.25) is 5.91 Å². The van der Waals surface area contributed by atoms with Gasteiger partial charge in [0.1, 0.15) is 17.5 Å². The van der Waals surface area contributed by atoms with Crippen molar-refractivity contribution >= 4 is 11.7 Å². The molecule has 1 aromatic carbocycles. The van der Waals surface area contributed by atoms with Gasteiger partial charge in [-0.05, 0) is 31.0 Å². The first-order valence-electron chi connectivity index (χ1n) is 9.65. The Hall–Kier alpha value is -2.50. The molecule has 0 atom stereocenters. The Labute approximate surface area is 160 Å². The van der Waals surface area contributed by atoms with E-state index >= 15 is 0 Å². The molecule has 0 unspecified atom stereocenters. The third-order valence-electron chi connectivity index (χ3n) is 5.05. The van der Waals surface area contributed by atoms with Crippen molar-refractivity contribution in [3.8, 4) is 0 Å². The third kappa shape index (κ3) is 4.43. The second kappa shape index (κ2) is 8.46. The van der Waals surface area contributed by atoms with Crippen LogP contribution in [0.5, 0.6) is 0 Å². The predicted octanol–water partition coefficient (Wildman–Crippen LogP) is 3.14. The van der Waals surface area contributed by atoms with Crippen LogP contribution >= 0.6 is 0 Å². The van der Waals surface area contributed by atoms with Gasteiger partial charge in [-0.15, -0.1) is 0 Å². The van der Waals surface area contributed by atoms with Gasteiger partial charge in [-0.1, -0.05) is 26.0 Å². The van der Waals surface area contributed by atoms with E-state index in [-0.39, 0.29) is 11.7 Å². The molecule has 1 amide bonds. The molecule has 0 aliphatic carbocycles. The number of hydrogen-bond acceptors (Lipinski definition) is 4. The zero-order valence-corrected chi connectivity index (χ0v) is 16.3. The van der Waals surface area contributed by atoms with Crippen LogP contribution in [0.4, 0.5) is 10.2 Å². The first-order chi connectivity index (χ1) is 13.0. The molecule has 1 fully saturated rings. The molecule has 0 spiro atoms. The van der Waals surface area contributed by atoms with Crippen molar-refractivity contribution < 1.29 is 9.18 Å². The monoisotopic (exact) mass is 370 g/mol. The van der Waals surface area contributed by atoms with Crippen LogP contribution in [0.3, 0.4) is 0 Å². The molecular weight excluding hydrogens is 343 g/mol. The average Bonchev–Trinajstić information content (AvgIpc) is 2.70. The largest absolute Gasteiger partial charge is 0.353 e. The summed E-state index contributed by atoms with van der Waals surface area (Å²) in [5, 5.41) is 0. The van der Waals surface area contributed by atoms with Crippen LogP contribution in [0, 0.1) is 12.7 Å². The lowest BCUT2D eigenvalue weighted by atomic mass is 10.0. The number of benzene rings is 1. The smallest absolute Gasteiger partial charge is 0.222 e. The van der Waals surface area contributed by atoms with Crippen LogP contribution in [0.1, 0.15) is 42.9 Å². The molecule has 3 rings (SSSR count). The lowest BCUT2D eigenvalue weighted by Gasteiger charge is -2.36. The molecule has 1 aliphatic rings. The number of rotatable bonds is 5. The van der Waals surface area contributed by atoms with Gasteiger partial charge in [-0.2, -0.15) is 0 Å². The molecule has 5 nitrogen and oxygen atoms in total. The number of amides is 1. The van der Waals surface area contributed by atoms with E-state index in [1.54, 1.807) is 0 Å². The highest BCUT2D eigenvalue weighted by Gasteiger charge is 2.24. The van der Waals surface area contributed by atoms with Crippen LogP contribution in [-0.4, -0.2) is 47.0 Å². The summed E-state index contributed by atoms with van der Waals surface area (Å²) in [5.74, 6) is 1.69. The highest BCUT2D eigenvalue weighted by atomic mass is 19.1. The molecule has 1 aromatic heterocycles. The van der Waals surface area contributed by atoms with Gasteiger partial charge in [0.15, 0.2) is 0 Å². The van der Waals surface area contributed by atoms with Crippen molar-refractivity contribution in [3.63, 3.8) is 0 Å². The van der Waals surface area contributed by atoms with E-state index in [1.165, 1.54) is 12.1 Å². The molecular formula is C21H27FN4O. The minimum absolute atomic E-state index is 0.203. The van der Waals surface area contributed by atoms with E-state index in [4.69, 9.17) is 4.98 Å². The molecule has 0 bridgehead atoms. The van der Waals surface area contributed by atoms with E-state index in [2.05, 4.69) is 16.8 Å². The molecule has 2 heterocycles. The standard InChI is InChI=1S/C21H27FN4O/c1-4-19-18(14-16-6-8-17(22)9-7-16)21(24-15(3)23-19)26-12-10-25(11-13-26)20(27)5-2/h6-9H,4-5,10-14H2,1-3H3. The molecule has 2 aromatic rings. The van der Waals surface area contributed by atoms with Gasteiger partial charge < -0.3 is 9.80 Å². The van der Waals surface area contributed by atoms with E-state index < -0.39 is 0 Å². The third-order valence-corrected chi connectivity index (χ3v) is 5.05. The Bertz CT molecular complexity index is 799. The van der Waals surface area contributed by atoms with E-state index in [1.807, 2.05) is 30.9 Å². The number of aromatic nitrogens is 2. The summed E-state index contributed by atoms with van der Waals surface area (Å²) >= 11 is 0. The highest BCUT2D eigenvalue weighted by Crippen LogP contribution is 2.26. The molecule has 0 N–H and O–H groups in total. The number of halogens is 1. The number of anilines is 1. The zero-order chi connectivity index (χ0) is 19.4. The zero-order valence-electron chi connectivity index (χ0n) is 16.3. The molecule has 144 valence electrons. The minimum atomic E-state index is -0.230. The fourth-order valence-electron chi connectivity index (χ4n) is 3.57. The number of piperazine rings is 1. The fraction of sp³-hybridized carbons (Fsp3) is 0.476. The summed E-state index contributed by atoms with van der Waals surface area (Å²) in [6, 6.07) is 6.61. The number of aryl methyl sites for hydroxylation is 2. The first-order valence-corrected chi connectivity index (χ1v) is 9.65. The summed E-state index contributed by atoms with van der Waals surface area (Å²) < 4.78 is 13.3. The predicted molar refractivity (Wildman–Crippen MR) is 104 cm³/mol. The minimum Gasteiger partial charge on any atom is -0.353 e. The van der Waals surface area contributed by atoms with Gasteiger partial charge in [-0.3, -0.25) is 4.79 Å². The quantitative estimate of drug-likeness (QED) is 0.811. The molecule has 1 saturated heterocycles. The maximum absolute atomic E-state index is 13.3. The van der Waals surface area contributed by atoms with Crippen molar-refractivity contribution in [2.45, 2.75) is 40.0 Å². The van der Waals surface area contributed by atoms with E-state index in [0.717, 1.165) is 48.0 Å². The van der Waals surface area contributed by atoms with Gasteiger partial charge in [0.25, 0.3) is 0 Å². The van der Waals surface area contributed by atoms with Gasteiger partial charge in [0.05, 0.1) is 0 Å². The maximum Gasteiger partial charge on any atom is 0.222 e. The van der Waals surface area contributed by atoms with Crippen molar-refractivity contribution in [2.75, 3.05) is 31.1 Å². The topological polar surface area (TPSA) is 49.3 Å². The number of carbonyl (C=O) groups is 1. The lowest BCUT2D eigenvalue weighted by molar-refractivity contribution is -0.131. The molecule has 27 heavy (non-hydrogen) atoms. The second-order valence-electron chi connectivity index (χ2n) is 6.90. The summed E-state index contributed by atoms with van der Waals surface area (Å²) in [4.78, 5) is 25.5. The van der Waals surface area contributed by atoms with Crippen molar-refractivity contribution in [3.05, 3.63) is 52.7 Å². The van der Waals surface area contributed by atoms with Gasteiger partial charge in [-0.25, -0.2) is 14.4 Å². The molecule has 1 aliphatic heterocycles. The second-order valence-corrected chi connectivity index (χ2v) is 6.90. The van der Waals surface area contributed by atoms with Gasteiger partial charge >= 0.3 is 0 Å². The van der Waals surface area contributed by atoms with Gasteiger partial charge in [0, 0.05) is 50.3 Å². The average molecular weight is 370 g/mol. The maximum atomic E-state index is 13.3. The van der Waals surface area contributed by atoms with Crippen molar-refractivity contribution in [1.82, 2.24) is 14.9 Å². The van der Waals surface area contributed by atoms with Crippen LogP contribution in [0.2, 0.25) is 0 Å². The normalized spacial score (nSPS) is 14.5. The van der Waals surface area contributed by atoms with Crippen LogP contribution in [0.15, 0.2) is 24.3 Å². The van der Waals surface area contributed by atoms with Crippen molar-refractivity contribution in [1.29, 1.82) is 0 Å².